The molecule has 0 aliphatic carbocycles. The fourth-order valence-corrected chi connectivity index (χ4v) is 3.76. The van der Waals surface area contributed by atoms with Crippen LogP contribution in [0.4, 0.5) is 14.5 Å². The predicted octanol–water partition coefficient (Wildman–Crippen LogP) is 3.96. The number of allylic oxidation sites excluding steroid dienone is 1. The lowest BCUT2D eigenvalue weighted by molar-refractivity contribution is 0.318. The maximum Gasteiger partial charge on any atom is 0.196 e. The van der Waals surface area contributed by atoms with Gasteiger partial charge in [-0.3, -0.25) is 9.79 Å². The van der Waals surface area contributed by atoms with E-state index in [9.17, 15) is 13.6 Å². The molecule has 0 aliphatic rings. The molecule has 34 heavy (non-hydrogen) atoms. The van der Waals surface area contributed by atoms with E-state index in [1.54, 1.807) is 27.0 Å². The smallest absolute Gasteiger partial charge is 0.196 e. The Labute approximate surface area is 194 Å². The first-order valence-electron chi connectivity index (χ1n) is 10.3. The van der Waals surface area contributed by atoms with E-state index in [0.717, 1.165) is 11.6 Å². The van der Waals surface area contributed by atoms with E-state index in [1.165, 1.54) is 18.5 Å². The van der Waals surface area contributed by atoms with Crippen LogP contribution < -0.4 is 22.2 Å². The number of fused-ring (bicyclic) bond motifs is 1. The Bertz CT molecular complexity index is 1410. The highest BCUT2D eigenvalue weighted by Gasteiger charge is 2.22. The number of nitrogens with two attached hydrogens (primary N) is 2. The summed E-state index contributed by atoms with van der Waals surface area (Å²) in [4.78, 5) is 17.1. The van der Waals surface area contributed by atoms with Crippen LogP contribution in [-0.4, -0.2) is 24.3 Å². The van der Waals surface area contributed by atoms with E-state index in [0.29, 0.717) is 27.7 Å². The van der Waals surface area contributed by atoms with Crippen molar-refractivity contribution in [2.24, 2.45) is 21.6 Å². The van der Waals surface area contributed by atoms with Crippen LogP contribution in [0.15, 0.2) is 49.8 Å². The van der Waals surface area contributed by atoms with Gasteiger partial charge in [0, 0.05) is 36.3 Å². The lowest BCUT2D eigenvalue weighted by atomic mass is 9.98. The molecule has 2 aromatic carbocycles. The standard InChI is InChI=1S/C24H25F2N5O3/c1-11-7-15(13(3)30-18-6-5-17(25)20(26)19(18)24(28)31-33)23-16(8-11)21(32)12(2)22(34-23)14(9-27)10-29-4/h5-10,13,30,33H,27H2,1-4H3,(H2,28,31)/b14-9+,29-10?/t13-/m1/s1. The van der Waals surface area contributed by atoms with Crippen molar-refractivity contribution in [3.8, 4) is 0 Å². The average Bonchev–Trinajstić information content (AvgIpc) is 2.82. The number of anilines is 1. The summed E-state index contributed by atoms with van der Waals surface area (Å²) in [5.74, 6) is -2.73. The molecule has 0 fully saturated rings. The second-order valence-corrected chi connectivity index (χ2v) is 7.76. The molecule has 6 N–H and O–H groups in total. The van der Waals surface area contributed by atoms with Gasteiger partial charge in [0.15, 0.2) is 22.9 Å². The maximum absolute atomic E-state index is 14.4. The zero-order valence-corrected chi connectivity index (χ0v) is 19.1. The Morgan fingerprint density at radius 2 is 1.97 bits per heavy atom. The predicted molar refractivity (Wildman–Crippen MR) is 129 cm³/mol. The van der Waals surface area contributed by atoms with E-state index in [2.05, 4.69) is 15.5 Å². The van der Waals surface area contributed by atoms with Gasteiger partial charge in [-0.15, -0.1) is 0 Å². The number of hydrogen-bond acceptors (Lipinski definition) is 7. The number of halogens is 2. The third kappa shape index (κ3) is 4.34. The second-order valence-electron chi connectivity index (χ2n) is 7.76. The van der Waals surface area contributed by atoms with Gasteiger partial charge in [-0.25, -0.2) is 8.78 Å². The maximum atomic E-state index is 14.4. The van der Waals surface area contributed by atoms with E-state index in [4.69, 9.17) is 21.1 Å². The summed E-state index contributed by atoms with van der Waals surface area (Å²) in [6, 6.07) is 5.16. The Balaban J connectivity index is 2.24. The average molecular weight is 469 g/mol. The van der Waals surface area contributed by atoms with Gasteiger partial charge in [0.25, 0.3) is 0 Å². The molecule has 1 atom stereocenters. The number of benzene rings is 2. The minimum Gasteiger partial charge on any atom is -0.455 e. The molecule has 0 radical (unpaired) electrons. The molecular weight excluding hydrogens is 444 g/mol. The molecule has 3 rings (SSSR count). The molecule has 8 nitrogen and oxygen atoms in total. The van der Waals surface area contributed by atoms with Crippen molar-refractivity contribution in [3.05, 3.63) is 80.3 Å². The van der Waals surface area contributed by atoms with Crippen molar-refractivity contribution in [2.75, 3.05) is 12.4 Å². The quantitative estimate of drug-likeness (QED) is 0.187. The summed E-state index contributed by atoms with van der Waals surface area (Å²) in [5.41, 5.74) is 13.2. The molecule has 3 aromatic rings. The molecule has 0 amide bonds. The Kier molecular flexibility index (Phi) is 7.00. The van der Waals surface area contributed by atoms with Gasteiger partial charge in [-0.05, 0) is 44.5 Å². The number of nitrogens with one attached hydrogen (secondary N) is 1. The number of amidine groups is 1. The molecule has 1 aromatic heterocycles. The SMILES string of the molecule is CN=C/C(=C\N)c1oc2c([C@@H](C)Nc3ccc(F)c(F)c3/C(N)=N/O)cc(C)cc2c(=O)c1C. The molecule has 0 bridgehead atoms. The summed E-state index contributed by atoms with van der Waals surface area (Å²) in [6.07, 6.45) is 2.78. The highest BCUT2D eigenvalue weighted by molar-refractivity contribution is 6.09. The number of hydrogen-bond donors (Lipinski definition) is 4. The molecule has 1 heterocycles. The summed E-state index contributed by atoms with van der Waals surface area (Å²) < 4.78 is 34.4. The van der Waals surface area contributed by atoms with Crippen LogP contribution in [0, 0.1) is 25.5 Å². The van der Waals surface area contributed by atoms with Gasteiger partial charge in [-0.1, -0.05) is 11.2 Å². The van der Waals surface area contributed by atoms with Crippen molar-refractivity contribution >= 4 is 34.3 Å². The van der Waals surface area contributed by atoms with Crippen molar-refractivity contribution in [3.63, 3.8) is 0 Å². The minimum atomic E-state index is -1.26. The normalized spacial score (nSPS) is 13.6. The first kappa shape index (κ1) is 24.4. The van der Waals surface area contributed by atoms with Crippen LogP contribution in [0.25, 0.3) is 16.5 Å². The molecule has 0 saturated carbocycles. The second kappa shape index (κ2) is 9.74. The Morgan fingerprint density at radius 1 is 1.26 bits per heavy atom. The zero-order chi connectivity index (χ0) is 25.2. The molecule has 0 saturated heterocycles. The van der Waals surface area contributed by atoms with Crippen LogP contribution in [0.5, 0.6) is 0 Å². The van der Waals surface area contributed by atoms with Crippen molar-refractivity contribution in [2.45, 2.75) is 26.8 Å². The van der Waals surface area contributed by atoms with Gasteiger partial charge >= 0.3 is 0 Å². The van der Waals surface area contributed by atoms with Gasteiger partial charge in [-0.2, -0.15) is 0 Å². The molecule has 10 heteroatoms. The van der Waals surface area contributed by atoms with Gasteiger partial charge in [0.1, 0.15) is 11.3 Å². The van der Waals surface area contributed by atoms with Crippen LogP contribution in [0.3, 0.4) is 0 Å². The Hall–Kier alpha value is -4.21. The van der Waals surface area contributed by atoms with Gasteiger partial charge in [0.05, 0.1) is 22.6 Å². The fourth-order valence-electron chi connectivity index (χ4n) is 3.76. The van der Waals surface area contributed by atoms with Crippen LogP contribution in [0.2, 0.25) is 0 Å². The number of rotatable bonds is 6. The number of nitrogens with zero attached hydrogens (tertiary/aromatic N) is 2. The summed E-state index contributed by atoms with van der Waals surface area (Å²) >= 11 is 0. The molecule has 0 spiro atoms. The highest BCUT2D eigenvalue weighted by Crippen LogP contribution is 2.32. The Morgan fingerprint density at radius 3 is 2.59 bits per heavy atom. The molecule has 0 aliphatic heterocycles. The third-order valence-corrected chi connectivity index (χ3v) is 5.40. The first-order valence-corrected chi connectivity index (χ1v) is 10.3. The number of aryl methyl sites for hydroxylation is 1. The summed E-state index contributed by atoms with van der Waals surface area (Å²) in [7, 11) is 1.57. The van der Waals surface area contributed by atoms with Crippen LogP contribution in [0.1, 0.15) is 41.0 Å². The number of aliphatic imine (C=N–C) groups is 1. The van der Waals surface area contributed by atoms with Gasteiger partial charge in [0.2, 0.25) is 0 Å². The van der Waals surface area contributed by atoms with Crippen LogP contribution >= 0.6 is 0 Å². The van der Waals surface area contributed by atoms with Crippen LogP contribution in [-0.2, 0) is 0 Å². The first-order chi connectivity index (χ1) is 16.1. The lowest BCUT2D eigenvalue weighted by Gasteiger charge is -2.20. The highest BCUT2D eigenvalue weighted by atomic mass is 19.2. The topological polar surface area (TPSA) is 139 Å². The zero-order valence-electron chi connectivity index (χ0n) is 19.1. The summed E-state index contributed by atoms with van der Waals surface area (Å²) in [6.45, 7) is 5.22. The monoisotopic (exact) mass is 469 g/mol. The van der Waals surface area contributed by atoms with Crippen molar-refractivity contribution in [1.29, 1.82) is 0 Å². The molecule has 0 unspecified atom stereocenters. The summed E-state index contributed by atoms with van der Waals surface area (Å²) in [5, 5.41) is 15.2. The molecule has 178 valence electrons. The van der Waals surface area contributed by atoms with E-state index >= 15 is 0 Å². The van der Waals surface area contributed by atoms with Crippen molar-refractivity contribution < 1.29 is 18.4 Å². The van der Waals surface area contributed by atoms with Crippen molar-refractivity contribution in [1.82, 2.24) is 0 Å². The fraction of sp³-hybridized carbons (Fsp3) is 0.208. The molecular formula is C24H25F2N5O3. The number of oxime groups is 1. The van der Waals surface area contributed by atoms with E-state index in [-0.39, 0.29) is 16.9 Å². The largest absolute Gasteiger partial charge is 0.455 e. The van der Waals surface area contributed by atoms with E-state index < -0.39 is 29.1 Å². The third-order valence-electron chi connectivity index (χ3n) is 5.40. The van der Waals surface area contributed by atoms with Gasteiger partial charge < -0.3 is 26.4 Å². The lowest BCUT2D eigenvalue weighted by Crippen LogP contribution is -2.20. The van der Waals surface area contributed by atoms with E-state index in [1.807, 2.05) is 13.0 Å². The minimum absolute atomic E-state index is 0.0895.